The van der Waals surface area contributed by atoms with Crippen LogP contribution in [0.25, 0.3) is 11.1 Å². The van der Waals surface area contributed by atoms with Gasteiger partial charge in [-0.1, -0.05) is 24.3 Å². The van der Waals surface area contributed by atoms with E-state index in [1.54, 1.807) is 31.2 Å². The maximum atomic E-state index is 14.5. The highest BCUT2D eigenvalue weighted by Crippen LogP contribution is 2.39. The van der Waals surface area contributed by atoms with Gasteiger partial charge in [-0.25, -0.2) is 9.37 Å². The van der Waals surface area contributed by atoms with Crippen molar-refractivity contribution in [2.24, 2.45) is 5.92 Å². The Kier molecular flexibility index (Phi) is 7.12. The number of aldehydes is 1. The number of aryl methyl sites for hydroxylation is 1. The molecule has 35 heavy (non-hydrogen) atoms. The molecule has 1 N–H and O–H groups in total. The van der Waals surface area contributed by atoms with E-state index in [0.29, 0.717) is 35.1 Å². The number of hydrogen-bond donors (Lipinski definition) is 1. The van der Waals surface area contributed by atoms with Crippen LogP contribution < -0.4 is 9.47 Å². The number of methoxy groups -OCH3 is 2. The van der Waals surface area contributed by atoms with E-state index in [-0.39, 0.29) is 17.5 Å². The molecule has 0 bridgehead atoms. The Balaban J connectivity index is 1.61. The van der Waals surface area contributed by atoms with Crippen molar-refractivity contribution in [3.63, 3.8) is 0 Å². The average Bonchev–Trinajstić information content (AvgIpc) is 2.91. The molecule has 8 heteroatoms. The fourth-order valence-electron chi connectivity index (χ4n) is 4.27. The number of esters is 1. The molecule has 1 aliphatic heterocycles. The normalized spacial score (nSPS) is 16.4. The average molecular weight is 480 g/mol. The fraction of sp³-hybridized carbons (Fsp3) is 0.296. The molecule has 0 fully saturated rings. The molecule has 3 atom stereocenters. The second-order valence-electron chi connectivity index (χ2n) is 8.44. The van der Waals surface area contributed by atoms with Gasteiger partial charge in [0, 0.05) is 17.2 Å². The van der Waals surface area contributed by atoms with Crippen LogP contribution in [0.3, 0.4) is 0 Å². The Morgan fingerprint density at radius 3 is 2.71 bits per heavy atom. The minimum absolute atomic E-state index is 0.221. The summed E-state index contributed by atoms with van der Waals surface area (Å²) in [6.45, 7) is 1.60. The molecule has 0 aliphatic carbocycles. The minimum Gasteiger partial charge on any atom is -0.485 e. The van der Waals surface area contributed by atoms with Crippen molar-refractivity contribution >= 4 is 12.3 Å². The molecule has 1 aliphatic rings. The van der Waals surface area contributed by atoms with Crippen molar-refractivity contribution in [1.82, 2.24) is 4.98 Å². The predicted octanol–water partition coefficient (Wildman–Crippen LogP) is 4.62. The quantitative estimate of drug-likeness (QED) is 0.390. The van der Waals surface area contributed by atoms with Crippen LogP contribution in [0.1, 0.15) is 52.6 Å². The fourth-order valence-corrected chi connectivity index (χ4v) is 4.27. The number of aliphatic hydroxyl groups is 1. The largest absolute Gasteiger partial charge is 0.485 e. The highest BCUT2D eigenvalue weighted by Gasteiger charge is 2.27. The van der Waals surface area contributed by atoms with E-state index < -0.39 is 23.8 Å². The maximum Gasteiger partial charge on any atom is 0.311 e. The van der Waals surface area contributed by atoms with Crippen LogP contribution in [0.2, 0.25) is 0 Å². The van der Waals surface area contributed by atoms with Crippen molar-refractivity contribution in [3.05, 3.63) is 76.7 Å². The summed E-state index contributed by atoms with van der Waals surface area (Å²) in [5.41, 5.74) is 3.28. The summed E-state index contributed by atoms with van der Waals surface area (Å²) in [5, 5.41) is 10.6. The van der Waals surface area contributed by atoms with E-state index in [1.165, 1.54) is 20.3 Å². The second kappa shape index (κ2) is 10.2. The van der Waals surface area contributed by atoms with Gasteiger partial charge < -0.3 is 19.3 Å². The Bertz CT molecular complexity index is 1260. The van der Waals surface area contributed by atoms with E-state index in [2.05, 4.69) is 4.98 Å². The van der Waals surface area contributed by atoms with Gasteiger partial charge in [-0.2, -0.15) is 0 Å². The number of ether oxygens (including phenoxy) is 3. The molecule has 0 saturated heterocycles. The van der Waals surface area contributed by atoms with Crippen LogP contribution in [-0.4, -0.2) is 36.6 Å². The van der Waals surface area contributed by atoms with Crippen LogP contribution in [-0.2, 0) is 16.0 Å². The van der Waals surface area contributed by atoms with Gasteiger partial charge in [0.2, 0.25) is 5.88 Å². The van der Waals surface area contributed by atoms with Gasteiger partial charge in [0.05, 0.1) is 32.4 Å². The van der Waals surface area contributed by atoms with Crippen molar-refractivity contribution in [2.45, 2.75) is 32.0 Å². The Morgan fingerprint density at radius 2 is 2.00 bits per heavy atom. The third-order valence-corrected chi connectivity index (χ3v) is 6.33. The molecule has 0 spiro atoms. The number of nitrogens with zero attached hydrogens (tertiary/aromatic N) is 1. The maximum absolute atomic E-state index is 14.5. The summed E-state index contributed by atoms with van der Waals surface area (Å²) in [6, 6.07) is 12.0. The molecule has 7 nitrogen and oxygen atoms in total. The number of rotatable bonds is 7. The molecule has 2 aromatic carbocycles. The summed E-state index contributed by atoms with van der Waals surface area (Å²) in [7, 11) is 2.72. The number of carbonyl (C=O) groups is 2. The van der Waals surface area contributed by atoms with Crippen LogP contribution >= 0.6 is 0 Å². The zero-order valence-corrected chi connectivity index (χ0v) is 19.7. The summed E-state index contributed by atoms with van der Waals surface area (Å²) < 4.78 is 30.5. The lowest BCUT2D eigenvalue weighted by Crippen LogP contribution is -2.21. The number of carbonyl (C=O) groups excluding carboxylic acids is 2. The summed E-state index contributed by atoms with van der Waals surface area (Å²) in [6.07, 6.45) is 1.79. The number of aliphatic hydroxyl groups excluding tert-OH is 1. The van der Waals surface area contributed by atoms with Gasteiger partial charge in [0.25, 0.3) is 0 Å². The molecular formula is C27H26FNO6. The number of fused-ring (bicyclic) bond motifs is 1. The lowest BCUT2D eigenvalue weighted by Gasteiger charge is -2.28. The highest BCUT2D eigenvalue weighted by molar-refractivity contribution is 5.88. The van der Waals surface area contributed by atoms with Crippen molar-refractivity contribution in [3.8, 4) is 22.8 Å². The third-order valence-electron chi connectivity index (χ3n) is 6.33. The molecule has 3 aromatic rings. The third kappa shape index (κ3) is 4.88. The van der Waals surface area contributed by atoms with Crippen molar-refractivity contribution < 1.29 is 33.3 Å². The topological polar surface area (TPSA) is 95.0 Å². The lowest BCUT2D eigenvalue weighted by atomic mass is 9.91. The second-order valence-corrected chi connectivity index (χ2v) is 8.44. The summed E-state index contributed by atoms with van der Waals surface area (Å²) in [5.74, 6) is -0.937. The molecule has 1 unspecified atom stereocenters. The van der Waals surface area contributed by atoms with E-state index in [9.17, 15) is 19.1 Å². The highest BCUT2D eigenvalue weighted by atomic mass is 19.1. The zero-order valence-electron chi connectivity index (χ0n) is 19.7. The molecule has 0 saturated carbocycles. The van der Waals surface area contributed by atoms with E-state index in [4.69, 9.17) is 14.2 Å². The summed E-state index contributed by atoms with van der Waals surface area (Å²) >= 11 is 0. The standard InChI is InChI=1S/C27H26FNO6/c1-15(27(32)34-3)26(31)18-5-4-16-7-9-23(35-24(16)11-18)17-6-8-20(19(10-17)14-30)21-12-25(33-2)29-13-22(21)28/h4-6,8,10-15,23,26,31H,7,9H2,1-3H3/t15-,23?,26+/m0/s1. The van der Waals surface area contributed by atoms with Gasteiger partial charge in [-0.05, 0) is 54.2 Å². The first-order valence-electron chi connectivity index (χ1n) is 11.2. The van der Waals surface area contributed by atoms with Crippen LogP contribution in [0.5, 0.6) is 11.6 Å². The Morgan fingerprint density at radius 1 is 1.20 bits per heavy atom. The van der Waals surface area contributed by atoms with E-state index in [1.807, 2.05) is 12.1 Å². The number of pyridine rings is 1. The van der Waals surface area contributed by atoms with Gasteiger partial charge in [0.1, 0.15) is 17.7 Å². The number of benzene rings is 2. The van der Waals surface area contributed by atoms with Gasteiger partial charge >= 0.3 is 5.97 Å². The molecule has 0 amide bonds. The first-order valence-corrected chi connectivity index (χ1v) is 11.2. The monoisotopic (exact) mass is 479 g/mol. The molecule has 182 valence electrons. The zero-order chi connectivity index (χ0) is 25.1. The SMILES string of the molecule is COC(=O)[C@@H](C)[C@@H](O)c1ccc2c(c1)OC(c1ccc(-c3cc(OC)ncc3F)c(C=O)c1)CC2. The Hall–Kier alpha value is -3.78. The molecular weight excluding hydrogens is 453 g/mol. The van der Waals surface area contributed by atoms with Crippen molar-refractivity contribution in [1.29, 1.82) is 0 Å². The predicted molar refractivity (Wildman–Crippen MR) is 126 cm³/mol. The van der Waals surface area contributed by atoms with E-state index >= 15 is 0 Å². The number of aromatic nitrogens is 1. The van der Waals surface area contributed by atoms with Gasteiger partial charge in [-0.3, -0.25) is 9.59 Å². The first kappa shape index (κ1) is 24.3. The minimum atomic E-state index is -1.04. The summed E-state index contributed by atoms with van der Waals surface area (Å²) in [4.78, 5) is 27.6. The number of hydrogen-bond acceptors (Lipinski definition) is 7. The first-order chi connectivity index (χ1) is 16.9. The van der Waals surface area contributed by atoms with Crippen LogP contribution in [0, 0.1) is 11.7 Å². The Labute approximate surface area is 202 Å². The van der Waals surface area contributed by atoms with Crippen molar-refractivity contribution in [2.75, 3.05) is 14.2 Å². The molecule has 1 aromatic heterocycles. The molecule has 2 heterocycles. The van der Waals surface area contributed by atoms with Gasteiger partial charge in [-0.15, -0.1) is 0 Å². The van der Waals surface area contributed by atoms with Gasteiger partial charge in [0.15, 0.2) is 6.29 Å². The van der Waals surface area contributed by atoms with Crippen LogP contribution in [0.15, 0.2) is 48.7 Å². The molecule has 0 radical (unpaired) electrons. The van der Waals surface area contributed by atoms with E-state index in [0.717, 1.165) is 23.7 Å². The number of halogens is 1. The smallest absolute Gasteiger partial charge is 0.311 e. The van der Waals surface area contributed by atoms with Crippen LogP contribution in [0.4, 0.5) is 4.39 Å². The molecule has 4 rings (SSSR count). The lowest BCUT2D eigenvalue weighted by molar-refractivity contribution is -0.148.